The molecule has 1 aromatic heterocycles. The first-order valence-corrected chi connectivity index (χ1v) is 3.31. The van der Waals surface area contributed by atoms with Gasteiger partial charge in [-0.15, -0.1) is 0 Å². The molecule has 11 heavy (non-hydrogen) atoms. The Labute approximate surface area is 68.6 Å². The lowest BCUT2D eigenvalue weighted by atomic mass is 10.5. The average Bonchev–Trinajstić information content (AvgIpc) is 1.93. The first-order chi connectivity index (χ1) is 5.20. The molecule has 1 rings (SSSR count). The van der Waals surface area contributed by atoms with Crippen LogP contribution in [0.3, 0.4) is 0 Å². The second-order valence-electron chi connectivity index (χ2n) is 1.90. The van der Waals surface area contributed by atoms with Gasteiger partial charge in [-0.3, -0.25) is 4.79 Å². The molecule has 0 unspecified atom stereocenters. The minimum Gasteiger partial charge on any atom is -0.310 e. The van der Waals surface area contributed by atoms with Crippen LogP contribution in [0.4, 0.5) is 5.82 Å². The van der Waals surface area contributed by atoms with E-state index in [1.165, 1.54) is 19.4 Å². The van der Waals surface area contributed by atoms with Gasteiger partial charge in [0, 0.05) is 6.92 Å². The van der Waals surface area contributed by atoms with Gasteiger partial charge in [-0.1, -0.05) is 11.6 Å². The SMILES string of the molecule is CC(=O)Nc1ncncc1Cl. The zero-order chi connectivity index (χ0) is 8.27. The Hall–Kier alpha value is -1.16. The van der Waals surface area contributed by atoms with Crippen LogP contribution in [-0.2, 0) is 4.79 Å². The van der Waals surface area contributed by atoms with Gasteiger partial charge in [0.1, 0.15) is 11.3 Å². The summed E-state index contributed by atoms with van der Waals surface area (Å²) in [6.07, 6.45) is 2.73. The van der Waals surface area contributed by atoms with E-state index in [1.807, 2.05) is 0 Å². The van der Waals surface area contributed by atoms with Crippen LogP contribution in [0.25, 0.3) is 0 Å². The van der Waals surface area contributed by atoms with E-state index < -0.39 is 0 Å². The van der Waals surface area contributed by atoms with Crippen molar-refractivity contribution < 1.29 is 4.79 Å². The summed E-state index contributed by atoms with van der Waals surface area (Å²) in [5.41, 5.74) is 0. The van der Waals surface area contributed by atoms with Crippen molar-refractivity contribution in [3.8, 4) is 0 Å². The fourth-order valence-electron chi connectivity index (χ4n) is 0.571. The summed E-state index contributed by atoms with van der Waals surface area (Å²) in [5, 5.41) is 2.79. The summed E-state index contributed by atoms with van der Waals surface area (Å²) in [6.45, 7) is 1.39. The van der Waals surface area contributed by atoms with Gasteiger partial charge in [-0.2, -0.15) is 0 Å². The molecule has 0 fully saturated rings. The molecule has 0 bridgehead atoms. The number of halogens is 1. The van der Waals surface area contributed by atoms with Gasteiger partial charge < -0.3 is 5.32 Å². The summed E-state index contributed by atoms with van der Waals surface area (Å²) < 4.78 is 0. The van der Waals surface area contributed by atoms with Gasteiger partial charge in [0.05, 0.1) is 6.20 Å². The quantitative estimate of drug-likeness (QED) is 0.688. The van der Waals surface area contributed by atoms with E-state index in [4.69, 9.17) is 11.6 Å². The summed E-state index contributed by atoms with van der Waals surface area (Å²) in [7, 11) is 0. The van der Waals surface area contributed by atoms with E-state index in [-0.39, 0.29) is 5.91 Å². The summed E-state index contributed by atoms with van der Waals surface area (Å²) in [4.78, 5) is 17.9. The number of nitrogens with zero attached hydrogens (tertiary/aromatic N) is 2. The molecule has 0 saturated carbocycles. The standard InChI is InChI=1S/C6H6ClN3O/c1-4(11)10-6-5(7)2-8-3-9-6/h2-3H,1H3,(H,8,9,10,11). The number of rotatable bonds is 1. The summed E-state index contributed by atoms with van der Waals surface area (Å²) in [5.74, 6) is 0.139. The summed E-state index contributed by atoms with van der Waals surface area (Å²) >= 11 is 5.63. The lowest BCUT2D eigenvalue weighted by Gasteiger charge is -2.00. The molecule has 0 spiro atoms. The number of hydrogen-bond donors (Lipinski definition) is 1. The van der Waals surface area contributed by atoms with Crippen molar-refractivity contribution in [3.05, 3.63) is 17.5 Å². The number of anilines is 1. The second-order valence-corrected chi connectivity index (χ2v) is 2.31. The Morgan fingerprint density at radius 1 is 1.73 bits per heavy atom. The van der Waals surface area contributed by atoms with Crippen LogP contribution in [-0.4, -0.2) is 15.9 Å². The number of aromatic nitrogens is 2. The first kappa shape index (κ1) is 7.94. The fraction of sp³-hybridized carbons (Fsp3) is 0.167. The molecule has 1 N–H and O–H groups in total. The van der Waals surface area contributed by atoms with Crippen LogP contribution in [0.2, 0.25) is 5.02 Å². The number of hydrogen-bond acceptors (Lipinski definition) is 3. The predicted octanol–water partition coefficient (Wildman–Crippen LogP) is 1.09. The number of carbonyl (C=O) groups is 1. The molecule has 5 heteroatoms. The van der Waals surface area contributed by atoms with Crippen LogP contribution >= 0.6 is 11.6 Å². The first-order valence-electron chi connectivity index (χ1n) is 2.93. The van der Waals surface area contributed by atoms with Gasteiger partial charge in [0.15, 0.2) is 5.82 Å². The van der Waals surface area contributed by atoms with E-state index in [2.05, 4.69) is 15.3 Å². The maximum atomic E-state index is 10.5. The third-order valence-corrected chi connectivity index (χ3v) is 1.24. The van der Waals surface area contributed by atoms with E-state index in [9.17, 15) is 4.79 Å². The summed E-state index contributed by atoms with van der Waals surface area (Å²) in [6, 6.07) is 0. The molecule has 0 aliphatic heterocycles. The molecule has 0 aliphatic rings. The third-order valence-electron chi connectivity index (χ3n) is 0.962. The molecular weight excluding hydrogens is 166 g/mol. The molecule has 0 saturated heterocycles. The topological polar surface area (TPSA) is 54.9 Å². The monoisotopic (exact) mass is 171 g/mol. The smallest absolute Gasteiger partial charge is 0.222 e. The second kappa shape index (κ2) is 3.30. The van der Waals surface area contributed by atoms with Crippen molar-refractivity contribution in [1.29, 1.82) is 0 Å². The highest BCUT2D eigenvalue weighted by atomic mass is 35.5. The zero-order valence-electron chi connectivity index (χ0n) is 5.84. The van der Waals surface area contributed by atoms with Gasteiger partial charge in [0.2, 0.25) is 5.91 Å². The van der Waals surface area contributed by atoms with E-state index in [0.29, 0.717) is 10.8 Å². The van der Waals surface area contributed by atoms with Gasteiger partial charge in [-0.05, 0) is 0 Å². The van der Waals surface area contributed by atoms with Crippen molar-refractivity contribution in [2.24, 2.45) is 0 Å². The zero-order valence-corrected chi connectivity index (χ0v) is 6.59. The van der Waals surface area contributed by atoms with E-state index in [0.717, 1.165) is 0 Å². The Balaban J connectivity index is 2.86. The highest BCUT2D eigenvalue weighted by Crippen LogP contribution is 2.15. The Morgan fingerprint density at radius 2 is 2.45 bits per heavy atom. The van der Waals surface area contributed by atoms with Gasteiger partial charge in [0.25, 0.3) is 0 Å². The van der Waals surface area contributed by atoms with Gasteiger partial charge >= 0.3 is 0 Å². The van der Waals surface area contributed by atoms with Crippen molar-refractivity contribution >= 4 is 23.3 Å². The molecule has 1 amide bonds. The Kier molecular flexibility index (Phi) is 2.38. The van der Waals surface area contributed by atoms with Crippen LogP contribution in [0.15, 0.2) is 12.5 Å². The highest BCUT2D eigenvalue weighted by Gasteiger charge is 2.00. The highest BCUT2D eigenvalue weighted by molar-refractivity contribution is 6.33. The van der Waals surface area contributed by atoms with Crippen LogP contribution < -0.4 is 5.32 Å². The lowest BCUT2D eigenvalue weighted by Crippen LogP contribution is -2.07. The number of nitrogens with one attached hydrogen (secondary N) is 1. The maximum absolute atomic E-state index is 10.5. The average molecular weight is 172 g/mol. The van der Waals surface area contributed by atoms with Crippen molar-refractivity contribution in [1.82, 2.24) is 9.97 Å². The molecule has 0 radical (unpaired) electrons. The van der Waals surface area contributed by atoms with Crippen molar-refractivity contribution in [2.75, 3.05) is 5.32 Å². The third kappa shape index (κ3) is 2.16. The number of carbonyl (C=O) groups excluding carboxylic acids is 1. The van der Waals surface area contributed by atoms with Gasteiger partial charge in [-0.25, -0.2) is 9.97 Å². The largest absolute Gasteiger partial charge is 0.310 e. The van der Waals surface area contributed by atoms with Crippen LogP contribution in [0.5, 0.6) is 0 Å². The molecule has 4 nitrogen and oxygen atoms in total. The molecule has 58 valence electrons. The Morgan fingerprint density at radius 3 is 3.00 bits per heavy atom. The minimum atomic E-state index is -0.203. The number of amides is 1. The molecule has 0 aliphatic carbocycles. The van der Waals surface area contributed by atoms with Crippen molar-refractivity contribution in [3.63, 3.8) is 0 Å². The van der Waals surface area contributed by atoms with Crippen molar-refractivity contribution in [2.45, 2.75) is 6.92 Å². The van der Waals surface area contributed by atoms with Crippen LogP contribution in [0.1, 0.15) is 6.92 Å². The molecule has 0 atom stereocenters. The Bertz CT molecular complexity index is 276. The molecule has 1 heterocycles. The fourth-order valence-corrected chi connectivity index (χ4v) is 0.724. The van der Waals surface area contributed by atoms with Crippen LogP contribution in [0, 0.1) is 0 Å². The molecule has 0 aromatic carbocycles. The molecular formula is C6H6ClN3O. The minimum absolute atomic E-state index is 0.203. The van der Waals surface area contributed by atoms with E-state index in [1.54, 1.807) is 0 Å². The predicted molar refractivity (Wildman–Crippen MR) is 41.3 cm³/mol. The van der Waals surface area contributed by atoms with E-state index >= 15 is 0 Å². The maximum Gasteiger partial charge on any atom is 0.222 e. The lowest BCUT2D eigenvalue weighted by molar-refractivity contribution is -0.114. The molecule has 1 aromatic rings. The normalized spacial score (nSPS) is 9.27.